The fraction of sp³-hybridized carbons (Fsp3) is 1.00. The highest BCUT2D eigenvalue weighted by atomic mass is 16.5. The SMILES string of the molecule is CCC(COC(C)(C)C)(CC(C)(C)C)CC(C)(C)C. The van der Waals surface area contributed by atoms with Gasteiger partial charge in [0.2, 0.25) is 0 Å². The summed E-state index contributed by atoms with van der Waals surface area (Å²) in [4.78, 5) is 0. The molecule has 1 nitrogen and oxygen atoms in total. The van der Waals surface area contributed by atoms with Gasteiger partial charge in [0.15, 0.2) is 0 Å². The molecule has 0 aliphatic rings. The lowest BCUT2D eigenvalue weighted by Crippen LogP contribution is -2.38. The first-order valence-corrected chi connectivity index (χ1v) is 7.82. The van der Waals surface area contributed by atoms with Crippen LogP contribution in [-0.2, 0) is 4.74 Å². The standard InChI is InChI=1S/C18H38O/c1-11-18(12-15(2,3)4,13-16(5,6)7)14-19-17(8,9)10/h11-14H2,1-10H3. The quantitative estimate of drug-likeness (QED) is 0.589. The minimum Gasteiger partial charge on any atom is -0.375 e. The summed E-state index contributed by atoms with van der Waals surface area (Å²) in [6, 6.07) is 0. The van der Waals surface area contributed by atoms with E-state index in [4.69, 9.17) is 4.74 Å². The van der Waals surface area contributed by atoms with E-state index in [9.17, 15) is 0 Å². The molecule has 0 aromatic heterocycles. The predicted octanol–water partition coefficient (Wildman–Crippen LogP) is 6.07. The van der Waals surface area contributed by atoms with Crippen molar-refractivity contribution in [2.24, 2.45) is 16.2 Å². The fourth-order valence-electron chi connectivity index (χ4n) is 3.14. The topological polar surface area (TPSA) is 9.23 Å². The molecule has 0 aliphatic heterocycles. The summed E-state index contributed by atoms with van der Waals surface area (Å²) in [7, 11) is 0. The Morgan fingerprint density at radius 1 is 0.684 bits per heavy atom. The van der Waals surface area contributed by atoms with Crippen LogP contribution in [0.2, 0.25) is 0 Å². The predicted molar refractivity (Wildman–Crippen MR) is 86.6 cm³/mol. The third-order valence-corrected chi connectivity index (χ3v) is 3.37. The monoisotopic (exact) mass is 270 g/mol. The minimum absolute atomic E-state index is 0.0454. The van der Waals surface area contributed by atoms with Gasteiger partial charge in [-0.15, -0.1) is 0 Å². The van der Waals surface area contributed by atoms with Crippen molar-refractivity contribution >= 4 is 0 Å². The van der Waals surface area contributed by atoms with Gasteiger partial charge in [0.1, 0.15) is 0 Å². The number of hydrogen-bond acceptors (Lipinski definition) is 1. The first-order chi connectivity index (χ1) is 8.18. The van der Waals surface area contributed by atoms with E-state index < -0.39 is 0 Å². The normalized spacial score (nSPS) is 14.8. The van der Waals surface area contributed by atoms with Gasteiger partial charge in [0.25, 0.3) is 0 Å². The van der Waals surface area contributed by atoms with Crippen LogP contribution in [0.1, 0.15) is 88.5 Å². The van der Waals surface area contributed by atoms with Crippen molar-refractivity contribution < 1.29 is 4.74 Å². The molecule has 0 N–H and O–H groups in total. The van der Waals surface area contributed by atoms with Gasteiger partial charge in [-0.1, -0.05) is 48.5 Å². The van der Waals surface area contributed by atoms with Crippen LogP contribution in [-0.4, -0.2) is 12.2 Å². The lowest BCUT2D eigenvalue weighted by Gasteiger charge is -2.43. The van der Waals surface area contributed by atoms with E-state index >= 15 is 0 Å². The lowest BCUT2D eigenvalue weighted by molar-refractivity contribution is -0.0771. The summed E-state index contributed by atoms with van der Waals surface area (Å²) < 4.78 is 6.18. The second kappa shape index (κ2) is 6.16. The molecule has 0 aromatic rings. The molecule has 0 radical (unpaired) electrons. The van der Waals surface area contributed by atoms with E-state index in [2.05, 4.69) is 69.2 Å². The third-order valence-electron chi connectivity index (χ3n) is 3.37. The van der Waals surface area contributed by atoms with Crippen molar-refractivity contribution in [3.05, 3.63) is 0 Å². The Hall–Kier alpha value is -0.0400. The van der Waals surface area contributed by atoms with Crippen molar-refractivity contribution in [3.63, 3.8) is 0 Å². The van der Waals surface area contributed by atoms with Crippen molar-refractivity contribution in [2.45, 2.75) is 94.1 Å². The Kier molecular flexibility index (Phi) is 6.15. The minimum atomic E-state index is -0.0454. The molecule has 1 heteroatoms. The van der Waals surface area contributed by atoms with Gasteiger partial charge in [-0.05, 0) is 56.3 Å². The third kappa shape index (κ3) is 9.49. The molecule has 0 heterocycles. The van der Waals surface area contributed by atoms with E-state index in [1.54, 1.807) is 0 Å². The van der Waals surface area contributed by atoms with Crippen LogP contribution in [0.5, 0.6) is 0 Å². The molecule has 0 amide bonds. The first kappa shape index (κ1) is 19.0. The molecule has 0 saturated heterocycles. The fourth-order valence-corrected chi connectivity index (χ4v) is 3.14. The maximum absolute atomic E-state index is 6.18. The molecule has 0 spiro atoms. The summed E-state index contributed by atoms with van der Waals surface area (Å²) in [5.41, 5.74) is 0.949. The Morgan fingerprint density at radius 2 is 1.05 bits per heavy atom. The molecule has 116 valence electrons. The van der Waals surface area contributed by atoms with Gasteiger partial charge in [-0.25, -0.2) is 0 Å². The van der Waals surface area contributed by atoms with Crippen LogP contribution in [0, 0.1) is 16.2 Å². The van der Waals surface area contributed by atoms with E-state index in [0.29, 0.717) is 16.2 Å². The molecule has 0 bridgehead atoms. The van der Waals surface area contributed by atoms with Gasteiger partial charge < -0.3 is 4.74 Å². The van der Waals surface area contributed by atoms with Gasteiger partial charge in [-0.3, -0.25) is 0 Å². The summed E-state index contributed by atoms with van der Waals surface area (Å²) in [6.45, 7) is 23.7. The highest BCUT2D eigenvalue weighted by molar-refractivity contribution is 4.87. The zero-order valence-corrected chi connectivity index (χ0v) is 15.2. The van der Waals surface area contributed by atoms with Crippen molar-refractivity contribution in [1.29, 1.82) is 0 Å². The molecular formula is C18H38O. The van der Waals surface area contributed by atoms with Gasteiger partial charge in [0, 0.05) is 0 Å². The largest absolute Gasteiger partial charge is 0.375 e. The summed E-state index contributed by atoms with van der Waals surface area (Å²) in [5, 5.41) is 0. The Balaban J connectivity index is 5.07. The van der Waals surface area contributed by atoms with Gasteiger partial charge in [-0.2, -0.15) is 0 Å². The van der Waals surface area contributed by atoms with Crippen LogP contribution in [0.4, 0.5) is 0 Å². The summed E-state index contributed by atoms with van der Waals surface area (Å²) in [5.74, 6) is 0. The van der Waals surface area contributed by atoms with E-state index in [1.807, 2.05) is 0 Å². The molecule has 0 atom stereocenters. The smallest absolute Gasteiger partial charge is 0.0598 e. The van der Waals surface area contributed by atoms with Crippen LogP contribution in [0.3, 0.4) is 0 Å². The van der Waals surface area contributed by atoms with Gasteiger partial charge in [0.05, 0.1) is 12.2 Å². The van der Waals surface area contributed by atoms with Crippen molar-refractivity contribution in [2.75, 3.05) is 6.61 Å². The summed E-state index contributed by atoms with van der Waals surface area (Å²) >= 11 is 0. The molecular weight excluding hydrogens is 232 g/mol. The number of rotatable bonds is 5. The highest BCUT2D eigenvalue weighted by Crippen LogP contribution is 2.45. The van der Waals surface area contributed by atoms with E-state index in [-0.39, 0.29) is 5.60 Å². The van der Waals surface area contributed by atoms with Crippen LogP contribution >= 0.6 is 0 Å². The first-order valence-electron chi connectivity index (χ1n) is 7.82. The molecule has 0 saturated carbocycles. The number of hydrogen-bond donors (Lipinski definition) is 0. The van der Waals surface area contributed by atoms with Crippen molar-refractivity contribution in [1.82, 2.24) is 0 Å². The maximum atomic E-state index is 6.18. The second-order valence-electron chi connectivity index (χ2n) is 9.73. The summed E-state index contributed by atoms with van der Waals surface area (Å²) in [6.07, 6.45) is 3.64. The number of ether oxygens (including phenoxy) is 1. The second-order valence-corrected chi connectivity index (χ2v) is 9.73. The zero-order chi connectivity index (χ0) is 15.5. The average Bonchev–Trinajstić information content (AvgIpc) is 2.08. The van der Waals surface area contributed by atoms with Crippen molar-refractivity contribution in [3.8, 4) is 0 Å². The molecule has 0 rings (SSSR count). The van der Waals surface area contributed by atoms with Crippen LogP contribution in [0.15, 0.2) is 0 Å². The van der Waals surface area contributed by atoms with E-state index in [0.717, 1.165) is 6.61 Å². The Labute approximate surface area is 122 Å². The van der Waals surface area contributed by atoms with Gasteiger partial charge >= 0.3 is 0 Å². The van der Waals surface area contributed by atoms with Crippen LogP contribution in [0.25, 0.3) is 0 Å². The molecule has 0 fully saturated rings. The zero-order valence-electron chi connectivity index (χ0n) is 15.2. The molecule has 0 aromatic carbocycles. The Bertz CT molecular complexity index is 241. The molecule has 0 unspecified atom stereocenters. The highest BCUT2D eigenvalue weighted by Gasteiger charge is 2.37. The lowest BCUT2D eigenvalue weighted by atomic mass is 9.65. The maximum Gasteiger partial charge on any atom is 0.0598 e. The Morgan fingerprint density at radius 3 is 1.26 bits per heavy atom. The van der Waals surface area contributed by atoms with E-state index in [1.165, 1.54) is 19.3 Å². The average molecular weight is 271 g/mol. The van der Waals surface area contributed by atoms with Crippen LogP contribution < -0.4 is 0 Å². The molecule has 0 aliphatic carbocycles. The molecule has 19 heavy (non-hydrogen) atoms.